The minimum Gasteiger partial charge on any atom is -0.355 e. The monoisotopic (exact) mass is 236 g/mol. The van der Waals surface area contributed by atoms with Crippen molar-refractivity contribution in [2.75, 3.05) is 19.6 Å². The lowest BCUT2D eigenvalue weighted by molar-refractivity contribution is -0.131. The average molecular weight is 236 g/mol. The van der Waals surface area contributed by atoms with Crippen molar-refractivity contribution in [3.63, 3.8) is 0 Å². The van der Waals surface area contributed by atoms with Gasteiger partial charge in [-0.15, -0.1) is 0 Å². The zero-order chi connectivity index (χ0) is 12.1. The second-order valence-electron chi connectivity index (χ2n) is 5.60. The van der Waals surface area contributed by atoms with Crippen molar-refractivity contribution in [1.82, 2.24) is 10.6 Å². The fraction of sp³-hybridized carbons (Fsp3) is 0.786. The molecule has 3 nitrogen and oxygen atoms in total. The van der Waals surface area contributed by atoms with Gasteiger partial charge in [-0.3, -0.25) is 4.79 Å². The van der Waals surface area contributed by atoms with E-state index >= 15 is 0 Å². The molecule has 0 aromatic rings. The predicted molar refractivity (Wildman–Crippen MR) is 69.8 cm³/mol. The van der Waals surface area contributed by atoms with Gasteiger partial charge < -0.3 is 10.6 Å². The smallest absolute Gasteiger partial charge is 0.227 e. The van der Waals surface area contributed by atoms with Crippen LogP contribution in [0.25, 0.3) is 0 Å². The molecule has 1 aliphatic heterocycles. The fourth-order valence-corrected chi connectivity index (χ4v) is 2.76. The number of nitrogens with one attached hydrogen (secondary N) is 2. The van der Waals surface area contributed by atoms with Gasteiger partial charge in [0.15, 0.2) is 0 Å². The van der Waals surface area contributed by atoms with Crippen LogP contribution in [0.3, 0.4) is 0 Å². The number of carbonyl (C=O) groups excluding carboxylic acids is 1. The van der Waals surface area contributed by atoms with Crippen LogP contribution in [0.5, 0.6) is 0 Å². The summed E-state index contributed by atoms with van der Waals surface area (Å²) in [5, 5.41) is 6.42. The summed E-state index contributed by atoms with van der Waals surface area (Å²) in [6.07, 6.45) is 9.24. The van der Waals surface area contributed by atoms with E-state index in [1.54, 1.807) is 0 Å². The van der Waals surface area contributed by atoms with Crippen LogP contribution in [-0.4, -0.2) is 25.5 Å². The molecule has 2 rings (SSSR count). The molecule has 1 fully saturated rings. The Kier molecular flexibility index (Phi) is 4.21. The molecule has 0 saturated carbocycles. The Labute approximate surface area is 104 Å². The van der Waals surface area contributed by atoms with Crippen LogP contribution in [0.2, 0.25) is 0 Å². The fourth-order valence-electron chi connectivity index (χ4n) is 2.76. The molecule has 1 aliphatic carbocycles. The van der Waals surface area contributed by atoms with E-state index in [1.807, 2.05) is 0 Å². The molecule has 1 atom stereocenters. The molecule has 2 N–H and O–H groups in total. The zero-order valence-corrected chi connectivity index (χ0v) is 10.8. The molecule has 3 heteroatoms. The van der Waals surface area contributed by atoms with Crippen LogP contribution in [0.4, 0.5) is 0 Å². The molecule has 17 heavy (non-hydrogen) atoms. The number of hydrogen-bond acceptors (Lipinski definition) is 2. The Hall–Kier alpha value is -0.830. The van der Waals surface area contributed by atoms with Crippen molar-refractivity contribution < 1.29 is 4.79 Å². The topological polar surface area (TPSA) is 41.1 Å². The zero-order valence-electron chi connectivity index (χ0n) is 10.8. The van der Waals surface area contributed by atoms with Crippen molar-refractivity contribution in [3.8, 4) is 0 Å². The Bertz CT molecular complexity index is 303. The lowest BCUT2D eigenvalue weighted by Gasteiger charge is -2.32. The van der Waals surface area contributed by atoms with Crippen molar-refractivity contribution >= 4 is 5.91 Å². The van der Waals surface area contributed by atoms with Crippen molar-refractivity contribution in [2.24, 2.45) is 5.41 Å². The number of allylic oxidation sites excluding steroid dienone is 1. The Morgan fingerprint density at radius 3 is 3.06 bits per heavy atom. The van der Waals surface area contributed by atoms with Gasteiger partial charge in [0.2, 0.25) is 5.91 Å². The van der Waals surface area contributed by atoms with Gasteiger partial charge in [-0.1, -0.05) is 11.6 Å². The first-order valence-electron chi connectivity index (χ1n) is 6.88. The van der Waals surface area contributed by atoms with E-state index in [0.717, 1.165) is 38.9 Å². The molecular weight excluding hydrogens is 212 g/mol. The van der Waals surface area contributed by atoms with E-state index in [2.05, 4.69) is 23.6 Å². The Morgan fingerprint density at radius 1 is 1.53 bits per heavy atom. The van der Waals surface area contributed by atoms with Crippen LogP contribution < -0.4 is 10.6 Å². The summed E-state index contributed by atoms with van der Waals surface area (Å²) >= 11 is 0. The number of rotatable bonds is 4. The first-order chi connectivity index (χ1) is 8.21. The van der Waals surface area contributed by atoms with Crippen molar-refractivity contribution in [1.29, 1.82) is 0 Å². The standard InChI is InChI=1S/C14H24N2O/c1-14(8-4-9-15-11-14)13(17)16-10-7-12-5-2-3-6-12/h5,15H,2-4,6-11H2,1H3,(H,16,17). The second-order valence-corrected chi connectivity index (χ2v) is 5.60. The van der Waals surface area contributed by atoms with E-state index in [-0.39, 0.29) is 11.3 Å². The van der Waals surface area contributed by atoms with Crippen LogP contribution in [-0.2, 0) is 4.79 Å². The molecule has 1 amide bonds. The summed E-state index contributed by atoms with van der Waals surface area (Å²) in [7, 11) is 0. The summed E-state index contributed by atoms with van der Waals surface area (Å²) in [4.78, 5) is 12.1. The van der Waals surface area contributed by atoms with Gasteiger partial charge in [0, 0.05) is 13.1 Å². The molecule has 0 aromatic heterocycles. The normalized spacial score (nSPS) is 28.9. The average Bonchev–Trinajstić information content (AvgIpc) is 2.83. The van der Waals surface area contributed by atoms with Gasteiger partial charge in [0.1, 0.15) is 0 Å². The quantitative estimate of drug-likeness (QED) is 0.733. The highest BCUT2D eigenvalue weighted by atomic mass is 16.2. The molecule has 2 aliphatic rings. The summed E-state index contributed by atoms with van der Waals surface area (Å²) in [5.74, 6) is 0.225. The molecule has 0 aromatic carbocycles. The highest BCUT2D eigenvalue weighted by molar-refractivity contribution is 5.82. The maximum Gasteiger partial charge on any atom is 0.227 e. The number of carbonyl (C=O) groups is 1. The maximum absolute atomic E-state index is 12.1. The van der Waals surface area contributed by atoms with Gasteiger partial charge in [0.25, 0.3) is 0 Å². The molecule has 1 unspecified atom stereocenters. The van der Waals surface area contributed by atoms with Crippen molar-refractivity contribution in [3.05, 3.63) is 11.6 Å². The first kappa shape index (κ1) is 12.6. The molecule has 0 radical (unpaired) electrons. The number of hydrogen-bond donors (Lipinski definition) is 2. The van der Waals surface area contributed by atoms with Gasteiger partial charge in [0.05, 0.1) is 5.41 Å². The second kappa shape index (κ2) is 5.67. The third-order valence-electron chi connectivity index (χ3n) is 4.01. The summed E-state index contributed by atoms with van der Waals surface area (Å²) in [5.41, 5.74) is 1.33. The van der Waals surface area contributed by atoms with E-state index < -0.39 is 0 Å². The summed E-state index contributed by atoms with van der Waals surface area (Å²) in [6.45, 7) is 4.75. The highest BCUT2D eigenvalue weighted by Crippen LogP contribution is 2.25. The molecular formula is C14H24N2O. The van der Waals surface area contributed by atoms with Gasteiger partial charge in [-0.05, 0) is 52.0 Å². The minimum atomic E-state index is -0.192. The predicted octanol–water partition coefficient (Wildman–Crippen LogP) is 1.99. The molecule has 1 heterocycles. The van der Waals surface area contributed by atoms with E-state index in [1.165, 1.54) is 24.8 Å². The maximum atomic E-state index is 12.1. The Balaban J connectivity index is 1.72. The third kappa shape index (κ3) is 3.32. The van der Waals surface area contributed by atoms with E-state index in [9.17, 15) is 4.79 Å². The van der Waals surface area contributed by atoms with Crippen LogP contribution in [0.1, 0.15) is 45.4 Å². The van der Waals surface area contributed by atoms with E-state index in [4.69, 9.17) is 0 Å². The van der Waals surface area contributed by atoms with Gasteiger partial charge >= 0.3 is 0 Å². The lowest BCUT2D eigenvalue weighted by Crippen LogP contribution is -2.48. The van der Waals surface area contributed by atoms with Crippen LogP contribution in [0.15, 0.2) is 11.6 Å². The van der Waals surface area contributed by atoms with Crippen molar-refractivity contribution in [2.45, 2.75) is 45.4 Å². The molecule has 0 spiro atoms. The number of amides is 1. The first-order valence-corrected chi connectivity index (χ1v) is 6.88. The summed E-state index contributed by atoms with van der Waals surface area (Å²) < 4.78 is 0. The highest BCUT2D eigenvalue weighted by Gasteiger charge is 2.34. The largest absolute Gasteiger partial charge is 0.355 e. The van der Waals surface area contributed by atoms with Crippen LogP contribution >= 0.6 is 0 Å². The van der Waals surface area contributed by atoms with Gasteiger partial charge in [-0.25, -0.2) is 0 Å². The number of piperidine rings is 1. The molecule has 0 bridgehead atoms. The van der Waals surface area contributed by atoms with Gasteiger partial charge in [-0.2, -0.15) is 0 Å². The van der Waals surface area contributed by atoms with Crippen LogP contribution in [0, 0.1) is 5.41 Å². The Morgan fingerprint density at radius 2 is 2.41 bits per heavy atom. The SMILES string of the molecule is CC1(C(=O)NCCC2=CCCC2)CCCNC1. The third-order valence-corrected chi connectivity index (χ3v) is 4.01. The molecule has 96 valence electrons. The lowest BCUT2D eigenvalue weighted by atomic mass is 9.82. The summed E-state index contributed by atoms with van der Waals surface area (Å²) in [6, 6.07) is 0. The minimum absolute atomic E-state index is 0.192. The van der Waals surface area contributed by atoms with E-state index in [0.29, 0.717) is 0 Å². The molecule has 1 saturated heterocycles.